The molecule has 0 aromatic rings. The average Bonchev–Trinajstić information content (AvgIpc) is 2.13. The Morgan fingerprint density at radius 2 is 2.24 bits per heavy atom. The molecule has 0 aliphatic carbocycles. The summed E-state index contributed by atoms with van der Waals surface area (Å²) in [6.45, 7) is 5.15. The van der Waals surface area contributed by atoms with Crippen LogP contribution in [0.25, 0.3) is 0 Å². The van der Waals surface area contributed by atoms with Gasteiger partial charge < -0.3 is 20.1 Å². The summed E-state index contributed by atoms with van der Waals surface area (Å²) in [5, 5.41) is 27.3. The van der Waals surface area contributed by atoms with Crippen molar-refractivity contribution < 1.29 is 24.9 Å². The standard InChI is InChI=1S/C11H21NO5/c1-11(2)7-12(5-9(6-13)17-11)4-8(14)3-10(15)16/h8-9,13-14H,3-7H2,1-2H3,(H,15,16). The van der Waals surface area contributed by atoms with Crippen molar-refractivity contribution in [3.05, 3.63) is 0 Å². The fourth-order valence-electron chi connectivity index (χ4n) is 2.22. The number of nitrogens with zero attached hydrogens (tertiary/aromatic N) is 1. The van der Waals surface area contributed by atoms with Crippen LogP contribution in [-0.4, -0.2) is 70.2 Å². The maximum Gasteiger partial charge on any atom is 0.306 e. The molecule has 0 spiro atoms. The second-order valence-electron chi connectivity index (χ2n) is 5.13. The quantitative estimate of drug-likeness (QED) is 0.595. The van der Waals surface area contributed by atoms with Gasteiger partial charge in [-0.3, -0.25) is 9.69 Å². The van der Waals surface area contributed by atoms with Crippen LogP contribution in [0.15, 0.2) is 0 Å². The maximum atomic E-state index is 10.5. The van der Waals surface area contributed by atoms with Crippen LogP contribution in [0.1, 0.15) is 20.3 Å². The Bertz CT molecular complexity index is 269. The van der Waals surface area contributed by atoms with Gasteiger partial charge in [-0.15, -0.1) is 0 Å². The molecule has 0 saturated carbocycles. The molecule has 1 aliphatic rings. The van der Waals surface area contributed by atoms with Crippen LogP contribution in [0.4, 0.5) is 0 Å². The molecule has 0 aromatic carbocycles. The van der Waals surface area contributed by atoms with Crippen molar-refractivity contribution in [1.82, 2.24) is 4.90 Å². The lowest BCUT2D eigenvalue weighted by molar-refractivity contribution is -0.154. The van der Waals surface area contributed by atoms with Crippen LogP contribution in [0.5, 0.6) is 0 Å². The number of carbonyl (C=O) groups is 1. The third-order valence-electron chi connectivity index (χ3n) is 2.63. The normalized spacial score (nSPS) is 26.7. The van der Waals surface area contributed by atoms with Gasteiger partial charge in [-0.25, -0.2) is 0 Å². The van der Waals surface area contributed by atoms with E-state index in [0.717, 1.165) is 0 Å². The number of aliphatic carboxylic acids is 1. The Kier molecular flexibility index (Phi) is 4.88. The molecule has 0 aromatic heterocycles. The van der Waals surface area contributed by atoms with Crippen molar-refractivity contribution in [3.63, 3.8) is 0 Å². The molecule has 0 radical (unpaired) electrons. The van der Waals surface area contributed by atoms with Crippen molar-refractivity contribution in [2.24, 2.45) is 0 Å². The number of aliphatic hydroxyl groups is 2. The van der Waals surface area contributed by atoms with E-state index >= 15 is 0 Å². The molecule has 0 bridgehead atoms. The lowest BCUT2D eigenvalue weighted by Crippen LogP contribution is -2.55. The first-order valence-corrected chi connectivity index (χ1v) is 5.73. The Morgan fingerprint density at radius 1 is 1.59 bits per heavy atom. The van der Waals surface area contributed by atoms with Crippen molar-refractivity contribution in [1.29, 1.82) is 0 Å². The highest BCUT2D eigenvalue weighted by Gasteiger charge is 2.33. The van der Waals surface area contributed by atoms with Crippen molar-refractivity contribution in [2.45, 2.75) is 38.1 Å². The lowest BCUT2D eigenvalue weighted by atomic mass is 10.0. The Morgan fingerprint density at radius 3 is 2.76 bits per heavy atom. The summed E-state index contributed by atoms with van der Waals surface area (Å²) >= 11 is 0. The molecule has 1 fully saturated rings. The van der Waals surface area contributed by atoms with E-state index in [9.17, 15) is 9.90 Å². The zero-order chi connectivity index (χ0) is 13.1. The molecule has 1 heterocycles. The van der Waals surface area contributed by atoms with Gasteiger partial charge in [0.2, 0.25) is 0 Å². The topological polar surface area (TPSA) is 90.2 Å². The first kappa shape index (κ1) is 14.4. The molecular formula is C11H21NO5. The number of ether oxygens (including phenoxy) is 1. The lowest BCUT2D eigenvalue weighted by Gasteiger charge is -2.42. The molecule has 0 amide bonds. The smallest absolute Gasteiger partial charge is 0.306 e. The minimum atomic E-state index is -1.01. The van der Waals surface area contributed by atoms with Gasteiger partial charge in [0.1, 0.15) is 0 Å². The summed E-state index contributed by atoms with van der Waals surface area (Å²) in [5.74, 6) is -1.01. The second kappa shape index (κ2) is 5.77. The number of β-amino-alcohol motifs (C(OH)–C–C–N with tert-alkyl or cyclic N) is 1. The highest BCUT2D eigenvalue weighted by Crippen LogP contribution is 2.21. The molecule has 2 unspecified atom stereocenters. The minimum Gasteiger partial charge on any atom is -0.481 e. The number of hydrogen-bond acceptors (Lipinski definition) is 5. The summed E-state index contributed by atoms with van der Waals surface area (Å²) in [6.07, 6.45) is -1.43. The third kappa shape index (κ3) is 4.99. The number of carboxylic acids is 1. The van der Waals surface area contributed by atoms with E-state index in [-0.39, 0.29) is 25.7 Å². The molecular weight excluding hydrogens is 226 g/mol. The molecule has 1 saturated heterocycles. The van der Waals surface area contributed by atoms with Gasteiger partial charge in [0.15, 0.2) is 0 Å². The first-order valence-electron chi connectivity index (χ1n) is 5.73. The zero-order valence-corrected chi connectivity index (χ0v) is 10.3. The van der Waals surface area contributed by atoms with Gasteiger partial charge in [0.25, 0.3) is 0 Å². The van der Waals surface area contributed by atoms with Gasteiger partial charge in [-0.1, -0.05) is 0 Å². The SMILES string of the molecule is CC1(C)CN(CC(O)CC(=O)O)CC(CO)O1. The molecule has 6 heteroatoms. The number of hydrogen-bond donors (Lipinski definition) is 3. The highest BCUT2D eigenvalue weighted by molar-refractivity contribution is 5.67. The molecule has 2 atom stereocenters. The first-order chi connectivity index (χ1) is 7.82. The second-order valence-corrected chi connectivity index (χ2v) is 5.13. The van der Waals surface area contributed by atoms with Gasteiger partial charge >= 0.3 is 5.97 Å². The Hall–Kier alpha value is -0.690. The fraction of sp³-hybridized carbons (Fsp3) is 0.909. The van der Waals surface area contributed by atoms with Crippen molar-refractivity contribution >= 4 is 5.97 Å². The molecule has 6 nitrogen and oxygen atoms in total. The fourth-order valence-corrected chi connectivity index (χ4v) is 2.22. The summed E-state index contributed by atoms with van der Waals surface area (Å²) in [5.41, 5.74) is -0.394. The molecule has 1 rings (SSSR count). The van der Waals surface area contributed by atoms with E-state index in [1.807, 2.05) is 18.7 Å². The largest absolute Gasteiger partial charge is 0.481 e. The van der Waals surface area contributed by atoms with Crippen molar-refractivity contribution in [3.8, 4) is 0 Å². The highest BCUT2D eigenvalue weighted by atomic mass is 16.5. The van der Waals surface area contributed by atoms with Crippen LogP contribution in [-0.2, 0) is 9.53 Å². The van der Waals surface area contributed by atoms with Crippen molar-refractivity contribution in [2.75, 3.05) is 26.2 Å². The minimum absolute atomic E-state index is 0.0744. The molecule has 3 N–H and O–H groups in total. The predicted molar refractivity (Wildman–Crippen MR) is 60.7 cm³/mol. The van der Waals surface area contributed by atoms with E-state index in [1.165, 1.54) is 0 Å². The van der Waals surface area contributed by atoms with Crippen LogP contribution in [0, 0.1) is 0 Å². The summed E-state index contributed by atoms with van der Waals surface area (Å²) < 4.78 is 5.63. The summed E-state index contributed by atoms with van der Waals surface area (Å²) in [4.78, 5) is 12.4. The van der Waals surface area contributed by atoms with Crippen LogP contribution < -0.4 is 0 Å². The van der Waals surface area contributed by atoms with Crippen LogP contribution >= 0.6 is 0 Å². The number of aliphatic hydroxyl groups excluding tert-OH is 2. The summed E-state index contributed by atoms with van der Waals surface area (Å²) in [7, 11) is 0. The average molecular weight is 247 g/mol. The third-order valence-corrected chi connectivity index (χ3v) is 2.63. The van der Waals surface area contributed by atoms with E-state index in [2.05, 4.69) is 0 Å². The van der Waals surface area contributed by atoms with Crippen LogP contribution in [0.2, 0.25) is 0 Å². The van der Waals surface area contributed by atoms with E-state index in [4.69, 9.17) is 14.9 Å². The molecule has 100 valence electrons. The summed E-state index contributed by atoms with van der Waals surface area (Å²) in [6, 6.07) is 0. The van der Waals surface area contributed by atoms with Gasteiger partial charge in [-0.2, -0.15) is 0 Å². The molecule has 17 heavy (non-hydrogen) atoms. The van der Waals surface area contributed by atoms with Gasteiger partial charge in [0, 0.05) is 19.6 Å². The maximum absolute atomic E-state index is 10.5. The van der Waals surface area contributed by atoms with E-state index in [1.54, 1.807) is 0 Å². The van der Waals surface area contributed by atoms with E-state index < -0.39 is 17.7 Å². The Balaban J connectivity index is 2.49. The van der Waals surface area contributed by atoms with E-state index in [0.29, 0.717) is 13.1 Å². The Labute approximate surface area is 101 Å². The monoisotopic (exact) mass is 247 g/mol. The molecule has 1 aliphatic heterocycles. The number of morpholine rings is 1. The van der Waals surface area contributed by atoms with Gasteiger partial charge in [0.05, 0.1) is 30.8 Å². The zero-order valence-electron chi connectivity index (χ0n) is 10.3. The number of rotatable bonds is 5. The van der Waals surface area contributed by atoms with Crippen LogP contribution in [0.3, 0.4) is 0 Å². The van der Waals surface area contributed by atoms with Gasteiger partial charge in [-0.05, 0) is 13.8 Å². The predicted octanol–water partition coefficient (Wildman–Crippen LogP) is -0.706. The number of carboxylic acid groups (broad SMARTS) is 1.